The van der Waals surface area contributed by atoms with E-state index in [4.69, 9.17) is 4.42 Å². The van der Waals surface area contributed by atoms with E-state index in [1.807, 2.05) is 6.07 Å². The molecule has 1 saturated heterocycles. The van der Waals surface area contributed by atoms with E-state index in [0.717, 1.165) is 30.7 Å². The second-order valence-electron chi connectivity index (χ2n) is 4.93. The number of benzene rings is 1. The van der Waals surface area contributed by atoms with Gasteiger partial charge in [0.15, 0.2) is 12.0 Å². The zero-order valence-electron chi connectivity index (χ0n) is 10.5. The molecule has 1 aromatic heterocycles. The van der Waals surface area contributed by atoms with E-state index in [2.05, 4.69) is 27.8 Å². The summed E-state index contributed by atoms with van der Waals surface area (Å²) in [6, 6.07) is 6.80. The summed E-state index contributed by atoms with van der Waals surface area (Å²) in [6.45, 7) is 3.08. The molecule has 1 atom stereocenters. The van der Waals surface area contributed by atoms with Crippen molar-refractivity contribution in [3.8, 4) is 0 Å². The van der Waals surface area contributed by atoms with Crippen LogP contribution in [-0.4, -0.2) is 24.1 Å². The molecular weight excluding hydrogens is 226 g/mol. The Balaban J connectivity index is 1.52. The highest BCUT2D eigenvalue weighted by Gasteiger charge is 2.11. The summed E-state index contributed by atoms with van der Waals surface area (Å²) in [4.78, 5) is 4.12. The minimum absolute atomic E-state index is 0.632. The smallest absolute Gasteiger partial charge is 0.181 e. The van der Waals surface area contributed by atoms with Crippen molar-refractivity contribution in [2.75, 3.05) is 13.1 Å². The molecule has 1 aliphatic heterocycles. The molecule has 4 heteroatoms. The van der Waals surface area contributed by atoms with Crippen molar-refractivity contribution in [3.63, 3.8) is 0 Å². The third kappa shape index (κ3) is 2.71. The summed E-state index contributed by atoms with van der Waals surface area (Å²) in [5.41, 5.74) is 3.04. The third-order valence-electron chi connectivity index (χ3n) is 3.53. The van der Waals surface area contributed by atoms with E-state index in [0.29, 0.717) is 6.04 Å². The molecule has 96 valence electrons. The number of piperidine rings is 1. The first-order valence-electron chi connectivity index (χ1n) is 6.68. The monoisotopic (exact) mass is 245 g/mol. The second kappa shape index (κ2) is 5.50. The molecule has 4 nitrogen and oxygen atoms in total. The number of hydrogen-bond acceptors (Lipinski definition) is 4. The van der Waals surface area contributed by atoms with Gasteiger partial charge in [0.2, 0.25) is 0 Å². The standard InChI is InChI=1S/C14H19N3O/c1-2-6-16-12(3-1)9-15-8-11-4-5-13-14(7-11)18-10-17-13/h4-5,7,10,12,15-16H,1-3,6,8-9H2. The van der Waals surface area contributed by atoms with Gasteiger partial charge in [-0.1, -0.05) is 12.5 Å². The third-order valence-corrected chi connectivity index (χ3v) is 3.53. The Morgan fingerprint density at radius 2 is 2.39 bits per heavy atom. The maximum Gasteiger partial charge on any atom is 0.181 e. The highest BCUT2D eigenvalue weighted by atomic mass is 16.3. The fraction of sp³-hybridized carbons (Fsp3) is 0.500. The lowest BCUT2D eigenvalue weighted by atomic mass is 10.1. The number of fused-ring (bicyclic) bond motifs is 1. The second-order valence-corrected chi connectivity index (χ2v) is 4.93. The molecule has 2 heterocycles. The molecule has 0 aliphatic carbocycles. The zero-order chi connectivity index (χ0) is 12.2. The minimum Gasteiger partial charge on any atom is -0.443 e. The van der Waals surface area contributed by atoms with E-state index < -0.39 is 0 Å². The number of nitrogens with zero attached hydrogens (tertiary/aromatic N) is 1. The zero-order valence-corrected chi connectivity index (χ0v) is 10.5. The van der Waals surface area contributed by atoms with Gasteiger partial charge in [-0.15, -0.1) is 0 Å². The molecule has 0 bridgehead atoms. The molecule has 2 N–H and O–H groups in total. The van der Waals surface area contributed by atoms with Crippen LogP contribution in [0.4, 0.5) is 0 Å². The first-order valence-corrected chi connectivity index (χ1v) is 6.68. The Bertz CT molecular complexity index is 502. The van der Waals surface area contributed by atoms with Crippen molar-refractivity contribution in [1.29, 1.82) is 0 Å². The topological polar surface area (TPSA) is 50.1 Å². The van der Waals surface area contributed by atoms with E-state index in [1.165, 1.54) is 31.2 Å². The van der Waals surface area contributed by atoms with Gasteiger partial charge in [-0.2, -0.15) is 0 Å². The van der Waals surface area contributed by atoms with Crippen molar-refractivity contribution in [3.05, 3.63) is 30.2 Å². The van der Waals surface area contributed by atoms with Crippen molar-refractivity contribution >= 4 is 11.1 Å². The quantitative estimate of drug-likeness (QED) is 0.865. The van der Waals surface area contributed by atoms with E-state index in [1.54, 1.807) is 0 Å². The lowest BCUT2D eigenvalue weighted by Gasteiger charge is -2.23. The van der Waals surface area contributed by atoms with Gasteiger partial charge in [0.1, 0.15) is 5.52 Å². The Labute approximate surface area is 107 Å². The van der Waals surface area contributed by atoms with Gasteiger partial charge in [0, 0.05) is 19.1 Å². The number of aromatic nitrogens is 1. The van der Waals surface area contributed by atoms with Crippen molar-refractivity contribution in [2.45, 2.75) is 31.8 Å². The van der Waals surface area contributed by atoms with Crippen LogP contribution < -0.4 is 10.6 Å². The molecule has 1 aromatic carbocycles. The Morgan fingerprint density at radius 1 is 1.39 bits per heavy atom. The van der Waals surface area contributed by atoms with Gasteiger partial charge in [-0.3, -0.25) is 0 Å². The maximum absolute atomic E-state index is 5.30. The Morgan fingerprint density at radius 3 is 3.28 bits per heavy atom. The van der Waals surface area contributed by atoms with Gasteiger partial charge in [0.25, 0.3) is 0 Å². The summed E-state index contributed by atoms with van der Waals surface area (Å²) in [7, 11) is 0. The largest absolute Gasteiger partial charge is 0.443 e. The predicted octanol–water partition coefficient (Wildman–Crippen LogP) is 2.06. The summed E-state index contributed by atoms with van der Waals surface area (Å²) in [5, 5.41) is 7.04. The van der Waals surface area contributed by atoms with Gasteiger partial charge in [-0.05, 0) is 37.1 Å². The maximum atomic E-state index is 5.30. The van der Waals surface area contributed by atoms with E-state index >= 15 is 0 Å². The summed E-state index contributed by atoms with van der Waals surface area (Å²) < 4.78 is 5.30. The molecule has 1 fully saturated rings. The SMILES string of the molecule is c1nc2ccc(CNCC3CCCCN3)cc2o1. The molecule has 0 saturated carbocycles. The molecule has 0 spiro atoms. The van der Waals surface area contributed by atoms with Crippen LogP contribution in [0.3, 0.4) is 0 Å². The molecule has 2 aromatic rings. The van der Waals surface area contributed by atoms with Crippen molar-refractivity contribution < 1.29 is 4.42 Å². The molecule has 1 aliphatic rings. The number of nitrogens with one attached hydrogen (secondary N) is 2. The van der Waals surface area contributed by atoms with E-state index in [9.17, 15) is 0 Å². The summed E-state index contributed by atoms with van der Waals surface area (Å²) >= 11 is 0. The average Bonchev–Trinajstić information content (AvgIpc) is 2.87. The summed E-state index contributed by atoms with van der Waals surface area (Å²) in [5.74, 6) is 0. The number of oxazole rings is 1. The molecule has 0 amide bonds. The molecular formula is C14H19N3O. The van der Waals surface area contributed by atoms with Crippen LogP contribution in [-0.2, 0) is 6.54 Å². The Kier molecular flexibility index (Phi) is 3.57. The van der Waals surface area contributed by atoms with Crippen LogP contribution >= 0.6 is 0 Å². The van der Waals surface area contributed by atoms with Crippen LogP contribution in [0.5, 0.6) is 0 Å². The lowest BCUT2D eigenvalue weighted by molar-refractivity contribution is 0.383. The van der Waals surface area contributed by atoms with Gasteiger partial charge in [0.05, 0.1) is 0 Å². The average molecular weight is 245 g/mol. The van der Waals surface area contributed by atoms with Crippen LogP contribution in [0.2, 0.25) is 0 Å². The highest BCUT2D eigenvalue weighted by molar-refractivity contribution is 5.72. The fourth-order valence-electron chi connectivity index (χ4n) is 2.50. The van der Waals surface area contributed by atoms with Crippen LogP contribution in [0.1, 0.15) is 24.8 Å². The lowest BCUT2D eigenvalue weighted by Crippen LogP contribution is -2.41. The van der Waals surface area contributed by atoms with Gasteiger partial charge in [-0.25, -0.2) is 4.98 Å². The molecule has 1 unspecified atom stereocenters. The van der Waals surface area contributed by atoms with Crippen LogP contribution in [0.15, 0.2) is 29.0 Å². The molecule has 0 radical (unpaired) electrons. The first-order chi connectivity index (χ1) is 8.92. The van der Waals surface area contributed by atoms with Crippen LogP contribution in [0.25, 0.3) is 11.1 Å². The first kappa shape index (κ1) is 11.7. The van der Waals surface area contributed by atoms with E-state index in [-0.39, 0.29) is 0 Å². The Hall–Kier alpha value is -1.39. The molecule has 18 heavy (non-hydrogen) atoms. The van der Waals surface area contributed by atoms with Crippen molar-refractivity contribution in [2.24, 2.45) is 0 Å². The molecule has 3 rings (SSSR count). The highest BCUT2D eigenvalue weighted by Crippen LogP contribution is 2.14. The van der Waals surface area contributed by atoms with Gasteiger partial charge < -0.3 is 15.1 Å². The van der Waals surface area contributed by atoms with Crippen molar-refractivity contribution in [1.82, 2.24) is 15.6 Å². The summed E-state index contributed by atoms with van der Waals surface area (Å²) in [6.07, 6.45) is 5.45. The normalized spacial score (nSPS) is 20.3. The predicted molar refractivity (Wildman–Crippen MR) is 71.4 cm³/mol. The minimum atomic E-state index is 0.632. The number of rotatable bonds is 4. The van der Waals surface area contributed by atoms with Gasteiger partial charge >= 0.3 is 0 Å². The van der Waals surface area contributed by atoms with Crippen LogP contribution in [0, 0.1) is 0 Å². The fourth-order valence-corrected chi connectivity index (χ4v) is 2.50. The number of hydrogen-bond donors (Lipinski definition) is 2.